The van der Waals surface area contributed by atoms with Crippen LogP contribution in [-0.2, 0) is 13.6 Å². The van der Waals surface area contributed by atoms with Gasteiger partial charge in [0.15, 0.2) is 0 Å². The summed E-state index contributed by atoms with van der Waals surface area (Å²) in [5, 5.41) is 3.43. The topological polar surface area (TPSA) is 42.7 Å². The van der Waals surface area contributed by atoms with Gasteiger partial charge in [0.2, 0.25) is 0 Å². The van der Waals surface area contributed by atoms with Crippen LogP contribution in [0.4, 0.5) is 0 Å². The first-order valence-electron chi connectivity index (χ1n) is 5.37. The number of aryl methyl sites for hydroxylation is 1. The van der Waals surface area contributed by atoms with Gasteiger partial charge in [-0.15, -0.1) is 0 Å². The molecule has 0 radical (unpaired) electrons. The summed E-state index contributed by atoms with van der Waals surface area (Å²) in [4.78, 5) is 8.28. The fourth-order valence-corrected chi connectivity index (χ4v) is 1.58. The Kier molecular flexibility index (Phi) is 3.31. The van der Waals surface area contributed by atoms with Crippen LogP contribution in [0, 0.1) is 0 Å². The van der Waals surface area contributed by atoms with Crippen LogP contribution in [0.15, 0.2) is 36.9 Å². The van der Waals surface area contributed by atoms with Crippen LogP contribution < -0.4 is 5.32 Å². The molecule has 2 aromatic heterocycles. The van der Waals surface area contributed by atoms with Crippen LogP contribution in [-0.4, -0.2) is 14.5 Å². The maximum atomic E-state index is 4.27. The number of hydrogen-bond donors (Lipinski definition) is 1. The van der Waals surface area contributed by atoms with Gasteiger partial charge in [0.05, 0.1) is 6.54 Å². The maximum absolute atomic E-state index is 4.27. The van der Waals surface area contributed by atoms with Crippen molar-refractivity contribution >= 4 is 0 Å². The number of hydrogen-bond acceptors (Lipinski definition) is 3. The van der Waals surface area contributed by atoms with Crippen molar-refractivity contribution < 1.29 is 0 Å². The Morgan fingerprint density at radius 1 is 1.31 bits per heavy atom. The number of nitrogens with one attached hydrogen (secondary N) is 1. The first-order valence-corrected chi connectivity index (χ1v) is 5.37. The van der Waals surface area contributed by atoms with Gasteiger partial charge in [0.25, 0.3) is 0 Å². The number of imidazole rings is 1. The van der Waals surface area contributed by atoms with Gasteiger partial charge in [0, 0.05) is 37.9 Å². The van der Waals surface area contributed by atoms with Crippen LogP contribution in [0.3, 0.4) is 0 Å². The second-order valence-corrected chi connectivity index (χ2v) is 3.84. The average molecular weight is 216 g/mol. The van der Waals surface area contributed by atoms with Crippen molar-refractivity contribution in [3.05, 3.63) is 48.3 Å². The summed E-state index contributed by atoms with van der Waals surface area (Å²) < 4.78 is 2.02. The summed E-state index contributed by atoms with van der Waals surface area (Å²) in [5.74, 6) is 1.04. The first-order chi connectivity index (χ1) is 7.77. The first kappa shape index (κ1) is 10.8. The molecule has 2 rings (SSSR count). The quantitative estimate of drug-likeness (QED) is 0.845. The molecular formula is C12H16N4. The Morgan fingerprint density at radius 3 is 2.69 bits per heavy atom. The largest absolute Gasteiger partial charge is 0.337 e. The molecule has 0 aromatic carbocycles. The molecule has 1 atom stereocenters. The molecule has 0 bridgehead atoms. The lowest BCUT2D eigenvalue weighted by Gasteiger charge is -2.13. The molecule has 0 fully saturated rings. The highest BCUT2D eigenvalue weighted by molar-refractivity contribution is 5.14. The lowest BCUT2D eigenvalue weighted by atomic mass is 10.1. The average Bonchev–Trinajstić information content (AvgIpc) is 2.73. The molecule has 0 amide bonds. The minimum atomic E-state index is 0.305. The van der Waals surface area contributed by atoms with Crippen molar-refractivity contribution in [1.29, 1.82) is 0 Å². The molecule has 84 valence electrons. The fraction of sp³-hybridized carbons (Fsp3) is 0.333. The number of pyridine rings is 1. The minimum absolute atomic E-state index is 0.305. The predicted molar refractivity (Wildman–Crippen MR) is 62.7 cm³/mol. The molecule has 0 saturated heterocycles. The summed E-state index contributed by atoms with van der Waals surface area (Å²) in [7, 11) is 2.00. The normalized spacial score (nSPS) is 12.6. The molecule has 2 aromatic rings. The van der Waals surface area contributed by atoms with E-state index in [2.05, 4.69) is 22.2 Å². The second kappa shape index (κ2) is 4.90. The van der Waals surface area contributed by atoms with E-state index >= 15 is 0 Å². The van der Waals surface area contributed by atoms with Gasteiger partial charge in [0.1, 0.15) is 5.82 Å². The third kappa shape index (κ3) is 2.46. The molecular weight excluding hydrogens is 200 g/mol. The Labute approximate surface area is 95.4 Å². The van der Waals surface area contributed by atoms with E-state index in [-0.39, 0.29) is 0 Å². The van der Waals surface area contributed by atoms with Crippen LogP contribution >= 0.6 is 0 Å². The second-order valence-electron chi connectivity index (χ2n) is 3.84. The zero-order valence-corrected chi connectivity index (χ0v) is 9.59. The van der Waals surface area contributed by atoms with Crippen LogP contribution in [0.1, 0.15) is 24.4 Å². The van der Waals surface area contributed by atoms with Crippen molar-refractivity contribution in [3.8, 4) is 0 Å². The Bertz CT molecular complexity index is 435. The van der Waals surface area contributed by atoms with Crippen molar-refractivity contribution in [2.24, 2.45) is 7.05 Å². The van der Waals surface area contributed by atoms with Gasteiger partial charge in [-0.25, -0.2) is 4.98 Å². The minimum Gasteiger partial charge on any atom is -0.337 e. The summed E-state index contributed by atoms with van der Waals surface area (Å²) in [6.45, 7) is 2.91. The van der Waals surface area contributed by atoms with Gasteiger partial charge in [-0.05, 0) is 24.6 Å². The molecule has 0 aliphatic rings. The molecule has 0 spiro atoms. The monoisotopic (exact) mass is 216 g/mol. The van der Waals surface area contributed by atoms with E-state index < -0.39 is 0 Å². The summed E-state index contributed by atoms with van der Waals surface area (Å²) >= 11 is 0. The summed E-state index contributed by atoms with van der Waals surface area (Å²) in [6.07, 6.45) is 7.39. The molecule has 0 aliphatic heterocycles. The van der Waals surface area contributed by atoms with E-state index in [0.717, 1.165) is 12.4 Å². The maximum Gasteiger partial charge on any atom is 0.122 e. The fourth-order valence-electron chi connectivity index (χ4n) is 1.58. The molecule has 1 N–H and O–H groups in total. The van der Waals surface area contributed by atoms with Gasteiger partial charge < -0.3 is 9.88 Å². The number of rotatable bonds is 4. The van der Waals surface area contributed by atoms with E-state index in [0.29, 0.717) is 6.04 Å². The third-order valence-electron chi connectivity index (χ3n) is 2.69. The molecule has 16 heavy (non-hydrogen) atoms. The van der Waals surface area contributed by atoms with Crippen molar-refractivity contribution in [3.63, 3.8) is 0 Å². The zero-order valence-electron chi connectivity index (χ0n) is 9.59. The van der Waals surface area contributed by atoms with Crippen LogP contribution in [0.2, 0.25) is 0 Å². The molecule has 2 heterocycles. The van der Waals surface area contributed by atoms with Crippen molar-refractivity contribution in [2.75, 3.05) is 0 Å². The molecule has 0 unspecified atom stereocenters. The Morgan fingerprint density at radius 2 is 2.06 bits per heavy atom. The lowest BCUT2D eigenvalue weighted by molar-refractivity contribution is 0.549. The highest BCUT2D eigenvalue weighted by atomic mass is 15.1. The molecule has 4 nitrogen and oxygen atoms in total. The SMILES string of the molecule is C[C@@H](NCc1nccn1C)c1ccncc1. The molecule has 0 saturated carbocycles. The van der Waals surface area contributed by atoms with Crippen molar-refractivity contribution in [1.82, 2.24) is 19.9 Å². The summed E-state index contributed by atoms with van der Waals surface area (Å²) in [5.41, 5.74) is 1.24. The van der Waals surface area contributed by atoms with E-state index in [4.69, 9.17) is 0 Å². The molecule has 0 aliphatic carbocycles. The number of nitrogens with zero attached hydrogens (tertiary/aromatic N) is 3. The van der Waals surface area contributed by atoms with Gasteiger partial charge in [-0.2, -0.15) is 0 Å². The van der Waals surface area contributed by atoms with Crippen molar-refractivity contribution in [2.45, 2.75) is 19.5 Å². The summed E-state index contributed by atoms with van der Waals surface area (Å²) in [6, 6.07) is 4.35. The Hall–Kier alpha value is -1.68. The lowest BCUT2D eigenvalue weighted by Crippen LogP contribution is -2.20. The highest BCUT2D eigenvalue weighted by Gasteiger charge is 2.05. The van der Waals surface area contributed by atoms with E-state index in [1.54, 1.807) is 0 Å². The number of aromatic nitrogens is 3. The molecule has 4 heteroatoms. The van der Waals surface area contributed by atoms with Crippen LogP contribution in [0.25, 0.3) is 0 Å². The van der Waals surface area contributed by atoms with Crippen LogP contribution in [0.5, 0.6) is 0 Å². The Balaban J connectivity index is 1.94. The van der Waals surface area contributed by atoms with E-state index in [1.165, 1.54) is 5.56 Å². The highest BCUT2D eigenvalue weighted by Crippen LogP contribution is 2.10. The van der Waals surface area contributed by atoms with E-state index in [9.17, 15) is 0 Å². The third-order valence-corrected chi connectivity index (χ3v) is 2.69. The predicted octanol–water partition coefficient (Wildman–Crippen LogP) is 1.67. The van der Waals surface area contributed by atoms with E-state index in [1.807, 2.05) is 48.5 Å². The van der Waals surface area contributed by atoms with Gasteiger partial charge in [-0.3, -0.25) is 4.98 Å². The zero-order chi connectivity index (χ0) is 11.4. The smallest absolute Gasteiger partial charge is 0.122 e. The van der Waals surface area contributed by atoms with Gasteiger partial charge >= 0.3 is 0 Å². The standard InChI is InChI=1S/C12H16N4/c1-10(11-3-5-13-6-4-11)15-9-12-14-7-8-16(12)2/h3-8,10,15H,9H2,1-2H3/t10-/m1/s1. The van der Waals surface area contributed by atoms with Gasteiger partial charge in [-0.1, -0.05) is 0 Å².